The van der Waals surface area contributed by atoms with Crippen molar-refractivity contribution in [2.24, 2.45) is 0 Å². The quantitative estimate of drug-likeness (QED) is 0.736. The Morgan fingerprint density at radius 3 is 2.50 bits per heavy atom. The topological polar surface area (TPSA) is 45.0 Å². The molecule has 0 spiro atoms. The van der Waals surface area contributed by atoms with Crippen LogP contribution in [-0.4, -0.2) is 80.3 Å². The van der Waals surface area contributed by atoms with Crippen LogP contribution >= 0.6 is 11.8 Å². The third kappa shape index (κ3) is 4.99. The molecule has 1 aromatic carbocycles. The summed E-state index contributed by atoms with van der Waals surface area (Å²) in [4.78, 5) is 7.82. The number of nitrogens with two attached hydrogens (primary N) is 1. The van der Waals surface area contributed by atoms with Crippen LogP contribution < -0.4 is 15.4 Å². The summed E-state index contributed by atoms with van der Waals surface area (Å²) >= 11 is 1.95. The van der Waals surface area contributed by atoms with Crippen molar-refractivity contribution < 1.29 is 4.74 Å². The van der Waals surface area contributed by atoms with Crippen LogP contribution in [0.1, 0.15) is 19.8 Å². The summed E-state index contributed by atoms with van der Waals surface area (Å²) in [5.41, 5.74) is 7.98. The summed E-state index contributed by atoms with van der Waals surface area (Å²) in [6.45, 7) is 11.1. The van der Waals surface area contributed by atoms with Gasteiger partial charge in [-0.2, -0.15) is 11.8 Å². The lowest BCUT2D eigenvalue weighted by Crippen LogP contribution is -2.53. The highest BCUT2D eigenvalue weighted by atomic mass is 32.2. The molecule has 2 N–H and O–H groups in total. The fourth-order valence-corrected chi connectivity index (χ4v) is 4.50. The Hall–Kier alpha value is -1.11. The first-order chi connectivity index (χ1) is 12.7. The summed E-state index contributed by atoms with van der Waals surface area (Å²) in [6, 6.07) is 6.95. The van der Waals surface area contributed by atoms with Gasteiger partial charge in [-0.05, 0) is 38.2 Å². The molecule has 0 amide bonds. The molecule has 0 bridgehead atoms. The lowest BCUT2D eigenvalue weighted by atomic mass is 10.0. The number of hydrogen-bond donors (Lipinski definition) is 1. The van der Waals surface area contributed by atoms with E-state index >= 15 is 0 Å². The van der Waals surface area contributed by atoms with Gasteiger partial charge in [-0.15, -0.1) is 0 Å². The number of piperidine rings is 1. The van der Waals surface area contributed by atoms with E-state index in [1.54, 1.807) is 0 Å². The van der Waals surface area contributed by atoms with Crippen molar-refractivity contribution in [3.8, 4) is 5.75 Å². The number of ether oxygens (including phenoxy) is 1. The van der Waals surface area contributed by atoms with E-state index in [9.17, 15) is 0 Å². The van der Waals surface area contributed by atoms with Crippen LogP contribution in [-0.2, 0) is 0 Å². The van der Waals surface area contributed by atoms with Crippen LogP contribution in [0, 0.1) is 0 Å². The highest BCUT2D eigenvalue weighted by Gasteiger charge is 2.27. The Kier molecular flexibility index (Phi) is 7.34. The molecule has 0 aliphatic carbocycles. The van der Waals surface area contributed by atoms with Crippen molar-refractivity contribution in [3.63, 3.8) is 0 Å². The number of thioether (sulfide) groups is 1. The molecule has 146 valence electrons. The standard InChI is InChI=1S/C20H34N4OS/c1-3-25-20-16-18(4-5-19(20)21)23-8-6-17(7-9-23)24-12-10-22(11-13-24)14-15-26-2/h4-5,16-17H,3,6-15,21H2,1-2H3. The third-order valence-electron chi connectivity index (χ3n) is 5.66. The Morgan fingerprint density at radius 2 is 1.85 bits per heavy atom. The van der Waals surface area contributed by atoms with E-state index in [2.05, 4.69) is 33.1 Å². The first kappa shape index (κ1) is 19.6. The minimum atomic E-state index is 0.651. The molecule has 3 rings (SSSR count). The molecule has 26 heavy (non-hydrogen) atoms. The van der Waals surface area contributed by atoms with E-state index < -0.39 is 0 Å². The van der Waals surface area contributed by atoms with Gasteiger partial charge in [-0.3, -0.25) is 9.80 Å². The fourth-order valence-electron chi connectivity index (χ4n) is 4.06. The highest BCUT2D eigenvalue weighted by Crippen LogP contribution is 2.30. The van der Waals surface area contributed by atoms with Gasteiger partial charge in [0.1, 0.15) is 5.75 Å². The predicted molar refractivity (Wildman–Crippen MR) is 114 cm³/mol. The molecule has 0 unspecified atom stereocenters. The smallest absolute Gasteiger partial charge is 0.144 e. The van der Waals surface area contributed by atoms with Crippen LogP contribution in [0.15, 0.2) is 18.2 Å². The summed E-state index contributed by atoms with van der Waals surface area (Å²) in [5, 5.41) is 0. The molecule has 0 saturated carbocycles. The maximum atomic E-state index is 6.01. The third-order valence-corrected chi connectivity index (χ3v) is 6.25. The van der Waals surface area contributed by atoms with Crippen molar-refractivity contribution in [2.45, 2.75) is 25.8 Å². The molecule has 0 aromatic heterocycles. The van der Waals surface area contributed by atoms with Crippen LogP contribution in [0.4, 0.5) is 11.4 Å². The van der Waals surface area contributed by atoms with E-state index in [1.165, 1.54) is 57.0 Å². The number of nitrogen functional groups attached to an aromatic ring is 1. The molecule has 1 aromatic rings. The molecule has 2 fully saturated rings. The summed E-state index contributed by atoms with van der Waals surface area (Å²) < 4.78 is 5.66. The van der Waals surface area contributed by atoms with E-state index in [1.807, 2.05) is 24.8 Å². The predicted octanol–water partition coefficient (Wildman–Crippen LogP) is 2.62. The second kappa shape index (κ2) is 9.72. The number of rotatable bonds is 7. The van der Waals surface area contributed by atoms with Gasteiger partial charge in [0.05, 0.1) is 12.3 Å². The number of anilines is 2. The second-order valence-electron chi connectivity index (χ2n) is 7.24. The zero-order valence-electron chi connectivity index (χ0n) is 16.3. The molecular formula is C20H34N4OS. The summed E-state index contributed by atoms with van der Waals surface area (Å²) in [6.07, 6.45) is 4.70. The van der Waals surface area contributed by atoms with Crippen LogP contribution in [0.25, 0.3) is 0 Å². The molecule has 2 heterocycles. The van der Waals surface area contributed by atoms with Gasteiger partial charge in [0.2, 0.25) is 0 Å². The molecule has 5 nitrogen and oxygen atoms in total. The Balaban J connectivity index is 1.48. The number of hydrogen-bond acceptors (Lipinski definition) is 6. The Bertz CT molecular complexity index is 555. The van der Waals surface area contributed by atoms with Crippen molar-refractivity contribution in [2.75, 3.05) is 75.1 Å². The zero-order chi connectivity index (χ0) is 18.4. The van der Waals surface area contributed by atoms with Gasteiger partial charge in [-0.25, -0.2) is 0 Å². The van der Waals surface area contributed by atoms with E-state index in [0.29, 0.717) is 6.61 Å². The maximum Gasteiger partial charge on any atom is 0.144 e. The first-order valence-corrected chi connectivity index (χ1v) is 11.3. The van der Waals surface area contributed by atoms with Gasteiger partial charge < -0.3 is 15.4 Å². The lowest BCUT2D eigenvalue weighted by molar-refractivity contribution is 0.0884. The number of benzene rings is 1. The van der Waals surface area contributed by atoms with Gasteiger partial charge in [0.15, 0.2) is 0 Å². The van der Waals surface area contributed by atoms with Crippen LogP contribution in [0.2, 0.25) is 0 Å². The second-order valence-corrected chi connectivity index (χ2v) is 8.23. The van der Waals surface area contributed by atoms with Crippen molar-refractivity contribution >= 4 is 23.1 Å². The van der Waals surface area contributed by atoms with Crippen LogP contribution in [0.5, 0.6) is 5.75 Å². The number of piperazine rings is 1. The van der Waals surface area contributed by atoms with Crippen molar-refractivity contribution in [3.05, 3.63) is 18.2 Å². The average Bonchev–Trinajstić information content (AvgIpc) is 2.69. The summed E-state index contributed by atoms with van der Waals surface area (Å²) in [5.74, 6) is 2.07. The SMILES string of the molecule is CCOc1cc(N2CCC(N3CCN(CCSC)CC3)CC2)ccc1N. The van der Waals surface area contributed by atoms with Gasteiger partial charge in [-0.1, -0.05) is 0 Å². The van der Waals surface area contributed by atoms with Gasteiger partial charge in [0, 0.05) is 69.4 Å². The van der Waals surface area contributed by atoms with Crippen molar-refractivity contribution in [1.82, 2.24) is 9.80 Å². The van der Waals surface area contributed by atoms with Crippen molar-refractivity contribution in [1.29, 1.82) is 0 Å². The van der Waals surface area contributed by atoms with Gasteiger partial charge in [0.25, 0.3) is 0 Å². The molecule has 0 atom stereocenters. The molecular weight excluding hydrogens is 344 g/mol. The fraction of sp³-hybridized carbons (Fsp3) is 0.700. The van der Waals surface area contributed by atoms with E-state index in [4.69, 9.17) is 10.5 Å². The molecule has 6 heteroatoms. The Labute approximate surface area is 162 Å². The monoisotopic (exact) mass is 378 g/mol. The van der Waals surface area contributed by atoms with E-state index in [-0.39, 0.29) is 0 Å². The minimum absolute atomic E-state index is 0.651. The lowest BCUT2D eigenvalue weighted by Gasteiger charge is -2.43. The maximum absolute atomic E-state index is 6.01. The highest BCUT2D eigenvalue weighted by molar-refractivity contribution is 7.98. The van der Waals surface area contributed by atoms with Crippen LogP contribution in [0.3, 0.4) is 0 Å². The molecule has 2 saturated heterocycles. The van der Waals surface area contributed by atoms with E-state index in [0.717, 1.165) is 30.6 Å². The largest absolute Gasteiger partial charge is 0.492 e. The first-order valence-electron chi connectivity index (χ1n) is 9.94. The Morgan fingerprint density at radius 1 is 1.12 bits per heavy atom. The minimum Gasteiger partial charge on any atom is -0.492 e. The molecule has 2 aliphatic rings. The molecule has 2 aliphatic heterocycles. The molecule has 0 radical (unpaired) electrons. The summed E-state index contributed by atoms with van der Waals surface area (Å²) in [7, 11) is 0. The number of nitrogens with zero attached hydrogens (tertiary/aromatic N) is 3. The zero-order valence-corrected chi connectivity index (χ0v) is 17.1. The van der Waals surface area contributed by atoms with Gasteiger partial charge >= 0.3 is 0 Å². The normalized spacial score (nSPS) is 20.5. The average molecular weight is 379 g/mol.